The van der Waals surface area contributed by atoms with Gasteiger partial charge in [-0.3, -0.25) is 0 Å². The average Bonchev–Trinajstić information content (AvgIpc) is 2.69. The van der Waals surface area contributed by atoms with E-state index in [9.17, 15) is 9.59 Å². The van der Waals surface area contributed by atoms with E-state index >= 15 is 0 Å². The molecule has 2 aromatic heterocycles. The molecule has 5 heteroatoms. The van der Waals surface area contributed by atoms with Crippen LogP contribution in [0.15, 0.2) is 46.1 Å². The smallest absolute Gasteiger partial charge is 0.246 e. The van der Waals surface area contributed by atoms with E-state index in [0.717, 1.165) is 23.7 Å². The monoisotopic (exact) mass is 257 g/mol. The Morgan fingerprint density at radius 3 is 2.63 bits per heavy atom. The number of hydrogen-bond acceptors (Lipinski definition) is 2. The SMILES string of the molecule is CCCCn1c(=O)n2ccc3ccccc3n2c1=O. The maximum atomic E-state index is 12.4. The molecule has 0 aliphatic heterocycles. The van der Waals surface area contributed by atoms with E-state index in [-0.39, 0.29) is 11.4 Å². The van der Waals surface area contributed by atoms with E-state index in [1.165, 1.54) is 13.6 Å². The van der Waals surface area contributed by atoms with E-state index in [2.05, 4.69) is 0 Å². The predicted molar refractivity (Wildman–Crippen MR) is 73.8 cm³/mol. The van der Waals surface area contributed by atoms with Crippen LogP contribution in [0.5, 0.6) is 0 Å². The first-order valence-electron chi connectivity index (χ1n) is 6.46. The van der Waals surface area contributed by atoms with Crippen molar-refractivity contribution in [1.82, 2.24) is 13.6 Å². The van der Waals surface area contributed by atoms with Crippen molar-refractivity contribution < 1.29 is 0 Å². The van der Waals surface area contributed by atoms with Gasteiger partial charge in [-0.15, -0.1) is 0 Å². The number of hydrogen-bond donors (Lipinski definition) is 0. The molecular formula is C14H15N3O2. The Balaban J connectivity index is 2.41. The Labute approximate surface area is 109 Å². The largest absolute Gasteiger partial charge is 0.352 e. The van der Waals surface area contributed by atoms with Crippen LogP contribution in [0.4, 0.5) is 0 Å². The molecule has 5 nitrogen and oxygen atoms in total. The van der Waals surface area contributed by atoms with Gasteiger partial charge in [0, 0.05) is 18.1 Å². The van der Waals surface area contributed by atoms with Gasteiger partial charge in [0.2, 0.25) is 0 Å². The van der Waals surface area contributed by atoms with Gasteiger partial charge in [0.1, 0.15) is 0 Å². The quantitative estimate of drug-likeness (QED) is 0.714. The molecule has 0 radical (unpaired) electrons. The van der Waals surface area contributed by atoms with Crippen molar-refractivity contribution in [3.05, 3.63) is 57.5 Å². The molecule has 0 aliphatic rings. The fourth-order valence-electron chi connectivity index (χ4n) is 2.33. The normalized spacial score (nSPS) is 11.4. The topological polar surface area (TPSA) is 47.9 Å². The zero-order chi connectivity index (χ0) is 13.4. The van der Waals surface area contributed by atoms with Crippen LogP contribution < -0.4 is 11.4 Å². The second-order valence-corrected chi connectivity index (χ2v) is 4.60. The molecule has 2 heterocycles. The lowest BCUT2D eigenvalue weighted by atomic mass is 10.2. The molecule has 98 valence electrons. The highest BCUT2D eigenvalue weighted by molar-refractivity contribution is 5.78. The minimum absolute atomic E-state index is 0.268. The summed E-state index contributed by atoms with van der Waals surface area (Å²) in [7, 11) is 0. The van der Waals surface area contributed by atoms with Gasteiger partial charge in [-0.25, -0.2) is 18.7 Å². The molecule has 0 bridgehead atoms. The summed E-state index contributed by atoms with van der Waals surface area (Å²) in [6.07, 6.45) is 3.42. The Hall–Kier alpha value is -2.30. The zero-order valence-electron chi connectivity index (χ0n) is 10.7. The summed E-state index contributed by atoms with van der Waals surface area (Å²) >= 11 is 0. The van der Waals surface area contributed by atoms with E-state index in [1.807, 2.05) is 37.3 Å². The number of benzene rings is 1. The van der Waals surface area contributed by atoms with Crippen LogP contribution in [0.3, 0.4) is 0 Å². The Morgan fingerprint density at radius 2 is 1.84 bits per heavy atom. The Morgan fingerprint density at radius 1 is 1.05 bits per heavy atom. The fraction of sp³-hybridized carbons (Fsp3) is 0.286. The zero-order valence-corrected chi connectivity index (χ0v) is 10.7. The van der Waals surface area contributed by atoms with Crippen LogP contribution >= 0.6 is 0 Å². The van der Waals surface area contributed by atoms with Crippen LogP contribution in [-0.4, -0.2) is 13.6 Å². The first-order chi connectivity index (χ1) is 9.24. The van der Waals surface area contributed by atoms with Crippen molar-refractivity contribution in [2.75, 3.05) is 0 Å². The van der Waals surface area contributed by atoms with Crippen molar-refractivity contribution in [1.29, 1.82) is 0 Å². The highest BCUT2D eigenvalue weighted by Gasteiger charge is 2.11. The minimum atomic E-state index is -0.274. The van der Waals surface area contributed by atoms with Gasteiger partial charge < -0.3 is 0 Å². The molecule has 19 heavy (non-hydrogen) atoms. The lowest BCUT2D eigenvalue weighted by Crippen LogP contribution is -2.27. The van der Waals surface area contributed by atoms with Crippen LogP contribution in [0.2, 0.25) is 0 Å². The number of fused-ring (bicyclic) bond motifs is 3. The molecule has 0 saturated carbocycles. The van der Waals surface area contributed by atoms with Crippen LogP contribution in [0, 0.1) is 0 Å². The van der Waals surface area contributed by atoms with E-state index in [0.29, 0.717) is 6.54 Å². The summed E-state index contributed by atoms with van der Waals surface area (Å²) in [6.45, 7) is 2.50. The first kappa shape index (κ1) is 11.8. The first-order valence-corrected chi connectivity index (χ1v) is 6.46. The molecule has 3 aromatic rings. The summed E-state index contributed by atoms with van der Waals surface area (Å²) in [4.78, 5) is 24.6. The molecule has 0 amide bonds. The summed E-state index contributed by atoms with van der Waals surface area (Å²) in [5, 5.41) is 0.942. The average molecular weight is 257 g/mol. The molecule has 0 saturated heterocycles. The van der Waals surface area contributed by atoms with Crippen molar-refractivity contribution in [2.24, 2.45) is 0 Å². The summed E-state index contributed by atoms with van der Waals surface area (Å²) in [6, 6.07) is 9.40. The van der Waals surface area contributed by atoms with Gasteiger partial charge in [0.15, 0.2) is 0 Å². The maximum absolute atomic E-state index is 12.4. The molecule has 0 spiro atoms. The van der Waals surface area contributed by atoms with E-state index in [4.69, 9.17) is 0 Å². The lowest BCUT2D eigenvalue weighted by molar-refractivity contribution is 0.596. The standard InChI is InChI=1S/C14H15N3O2/c1-2-3-9-15-13(18)16-10-8-11-6-4-5-7-12(11)17(16)14(15)19/h4-8,10H,2-3,9H2,1H3. The van der Waals surface area contributed by atoms with Gasteiger partial charge in [-0.2, -0.15) is 4.52 Å². The van der Waals surface area contributed by atoms with Crippen LogP contribution in [0.25, 0.3) is 10.9 Å². The number of aromatic nitrogens is 3. The minimum Gasteiger partial charge on any atom is -0.246 e. The molecular weight excluding hydrogens is 242 g/mol. The summed E-state index contributed by atoms with van der Waals surface area (Å²) in [5.41, 5.74) is 0.210. The number of rotatable bonds is 3. The third kappa shape index (κ3) is 1.69. The molecule has 1 aromatic carbocycles. The number of unbranched alkanes of at least 4 members (excludes halogenated alkanes) is 1. The molecule has 0 N–H and O–H groups in total. The lowest BCUT2D eigenvalue weighted by Gasteiger charge is -2.00. The molecule has 0 atom stereocenters. The number of nitrogens with zero attached hydrogens (tertiary/aromatic N) is 3. The molecule has 0 fully saturated rings. The second kappa shape index (κ2) is 4.42. The van der Waals surface area contributed by atoms with Gasteiger partial charge in [-0.1, -0.05) is 31.5 Å². The highest BCUT2D eigenvalue weighted by atomic mass is 16.2. The van der Waals surface area contributed by atoms with Gasteiger partial charge in [0.05, 0.1) is 5.52 Å². The van der Waals surface area contributed by atoms with Crippen LogP contribution in [-0.2, 0) is 6.54 Å². The maximum Gasteiger partial charge on any atom is 0.352 e. The molecule has 0 unspecified atom stereocenters. The van der Waals surface area contributed by atoms with Crippen LogP contribution in [0.1, 0.15) is 19.8 Å². The third-order valence-electron chi connectivity index (χ3n) is 3.35. The van der Waals surface area contributed by atoms with Gasteiger partial charge in [0.25, 0.3) is 0 Å². The van der Waals surface area contributed by atoms with Gasteiger partial charge >= 0.3 is 11.4 Å². The Kier molecular flexibility index (Phi) is 2.74. The highest BCUT2D eigenvalue weighted by Crippen LogP contribution is 2.09. The van der Waals surface area contributed by atoms with Crippen molar-refractivity contribution in [3.8, 4) is 0 Å². The van der Waals surface area contributed by atoms with Crippen molar-refractivity contribution in [3.63, 3.8) is 0 Å². The van der Waals surface area contributed by atoms with Gasteiger partial charge in [-0.05, 0) is 18.6 Å². The predicted octanol–water partition coefficient (Wildman–Crippen LogP) is 1.51. The van der Waals surface area contributed by atoms with E-state index in [1.54, 1.807) is 6.20 Å². The molecule has 0 aliphatic carbocycles. The summed E-state index contributed by atoms with van der Waals surface area (Å²) in [5.74, 6) is 0. The van der Waals surface area contributed by atoms with Crippen molar-refractivity contribution in [2.45, 2.75) is 26.3 Å². The van der Waals surface area contributed by atoms with E-state index < -0.39 is 0 Å². The molecule has 3 rings (SSSR count). The fourth-order valence-corrected chi connectivity index (χ4v) is 2.33. The second-order valence-electron chi connectivity index (χ2n) is 4.60. The number of para-hydroxylation sites is 1. The summed E-state index contributed by atoms with van der Waals surface area (Å²) < 4.78 is 4.11. The van der Waals surface area contributed by atoms with Crippen molar-refractivity contribution >= 4 is 10.9 Å². The third-order valence-corrected chi connectivity index (χ3v) is 3.35. The Bertz CT molecular complexity index is 854.